The maximum atomic E-state index is 13.8. The summed E-state index contributed by atoms with van der Waals surface area (Å²) < 4.78 is 14.3. The van der Waals surface area contributed by atoms with Gasteiger partial charge in [-0.25, -0.2) is 14.4 Å². The molecule has 0 aliphatic rings. The number of benzene rings is 1. The van der Waals surface area contributed by atoms with E-state index in [0.29, 0.717) is 15.6 Å². The van der Waals surface area contributed by atoms with E-state index in [4.69, 9.17) is 17.3 Å². The summed E-state index contributed by atoms with van der Waals surface area (Å²) in [5, 5.41) is 0.0364. The van der Waals surface area contributed by atoms with Gasteiger partial charge in [0.2, 0.25) is 5.95 Å². The highest BCUT2D eigenvalue weighted by Gasteiger charge is 2.12. The van der Waals surface area contributed by atoms with Gasteiger partial charge in [-0.05, 0) is 22.0 Å². The largest absolute Gasteiger partial charge is 0.368 e. The van der Waals surface area contributed by atoms with Crippen LogP contribution in [0.3, 0.4) is 0 Å². The van der Waals surface area contributed by atoms with Gasteiger partial charge >= 0.3 is 0 Å². The fourth-order valence-electron chi connectivity index (χ4n) is 1.23. The SMILES string of the molecule is Nc1ncc(-c2ccc(Br)c(Cl)c2F)cn1. The van der Waals surface area contributed by atoms with Crippen molar-refractivity contribution in [3.8, 4) is 11.1 Å². The van der Waals surface area contributed by atoms with E-state index < -0.39 is 5.82 Å². The molecule has 6 heteroatoms. The third-order valence-corrected chi connectivity index (χ3v) is 3.28. The summed E-state index contributed by atoms with van der Waals surface area (Å²) in [7, 11) is 0. The van der Waals surface area contributed by atoms with Gasteiger partial charge in [-0.1, -0.05) is 17.7 Å². The molecule has 1 heterocycles. The zero-order chi connectivity index (χ0) is 11.7. The number of aromatic nitrogens is 2. The third-order valence-electron chi connectivity index (χ3n) is 2.02. The number of rotatable bonds is 1. The van der Waals surface area contributed by atoms with Gasteiger partial charge in [-0.3, -0.25) is 0 Å². The molecule has 0 unspecified atom stereocenters. The van der Waals surface area contributed by atoms with E-state index >= 15 is 0 Å². The standard InChI is InChI=1S/C10H6BrClFN3/c11-7-2-1-6(9(13)8(7)12)5-3-15-10(14)16-4-5/h1-4H,(H2,14,15,16). The Labute approximate surface area is 105 Å². The zero-order valence-electron chi connectivity index (χ0n) is 7.92. The number of nitrogen functional groups attached to an aromatic ring is 1. The Morgan fingerprint density at radius 1 is 1.25 bits per heavy atom. The summed E-state index contributed by atoms with van der Waals surface area (Å²) in [6.07, 6.45) is 2.90. The van der Waals surface area contributed by atoms with Gasteiger partial charge < -0.3 is 5.73 Å². The van der Waals surface area contributed by atoms with Crippen LogP contribution in [0.15, 0.2) is 29.0 Å². The van der Waals surface area contributed by atoms with Gasteiger partial charge in [0.15, 0.2) is 5.82 Å². The molecule has 0 saturated carbocycles. The van der Waals surface area contributed by atoms with E-state index in [1.807, 2.05) is 0 Å². The van der Waals surface area contributed by atoms with Crippen LogP contribution in [0, 0.1) is 5.82 Å². The van der Waals surface area contributed by atoms with Crippen molar-refractivity contribution >= 4 is 33.5 Å². The van der Waals surface area contributed by atoms with Crippen LogP contribution >= 0.6 is 27.5 Å². The molecule has 2 rings (SSSR count). The molecule has 0 spiro atoms. The first-order chi connectivity index (χ1) is 7.59. The van der Waals surface area contributed by atoms with Crippen LogP contribution in [0.25, 0.3) is 11.1 Å². The van der Waals surface area contributed by atoms with Gasteiger partial charge in [-0.15, -0.1) is 0 Å². The Morgan fingerprint density at radius 3 is 2.50 bits per heavy atom. The summed E-state index contributed by atoms with van der Waals surface area (Å²) in [6, 6.07) is 3.26. The minimum absolute atomic E-state index is 0.0364. The van der Waals surface area contributed by atoms with E-state index in [9.17, 15) is 4.39 Å². The summed E-state index contributed by atoms with van der Waals surface area (Å²) in [4.78, 5) is 7.59. The minimum atomic E-state index is -0.510. The van der Waals surface area contributed by atoms with Crippen molar-refractivity contribution in [1.82, 2.24) is 9.97 Å². The molecule has 0 aliphatic carbocycles. The van der Waals surface area contributed by atoms with Gasteiger partial charge in [0.05, 0.1) is 5.02 Å². The molecule has 3 nitrogen and oxygen atoms in total. The maximum absolute atomic E-state index is 13.8. The van der Waals surface area contributed by atoms with E-state index in [-0.39, 0.29) is 11.0 Å². The highest BCUT2D eigenvalue weighted by Crippen LogP contribution is 2.32. The second-order valence-electron chi connectivity index (χ2n) is 3.05. The monoisotopic (exact) mass is 301 g/mol. The van der Waals surface area contributed by atoms with Crippen molar-refractivity contribution in [2.75, 3.05) is 5.73 Å². The number of anilines is 1. The summed E-state index contributed by atoms with van der Waals surface area (Å²) in [5.74, 6) is -0.364. The molecule has 82 valence electrons. The molecule has 2 N–H and O–H groups in total. The number of nitrogens with two attached hydrogens (primary N) is 1. The first-order valence-corrected chi connectivity index (χ1v) is 5.48. The van der Waals surface area contributed by atoms with Crippen molar-refractivity contribution < 1.29 is 4.39 Å². The molecule has 1 aromatic carbocycles. The first kappa shape index (κ1) is 11.3. The number of halogens is 3. The van der Waals surface area contributed by atoms with Crippen LogP contribution in [0.1, 0.15) is 0 Å². The molecule has 0 fully saturated rings. The highest BCUT2D eigenvalue weighted by atomic mass is 79.9. The zero-order valence-corrected chi connectivity index (χ0v) is 10.3. The lowest BCUT2D eigenvalue weighted by molar-refractivity contribution is 0.630. The Kier molecular flexibility index (Phi) is 3.07. The van der Waals surface area contributed by atoms with E-state index in [2.05, 4.69) is 25.9 Å². The average molecular weight is 303 g/mol. The van der Waals surface area contributed by atoms with Crippen LogP contribution < -0.4 is 5.73 Å². The summed E-state index contributed by atoms with van der Waals surface area (Å²) in [5.41, 5.74) is 6.22. The minimum Gasteiger partial charge on any atom is -0.368 e. The highest BCUT2D eigenvalue weighted by molar-refractivity contribution is 9.10. The topological polar surface area (TPSA) is 51.8 Å². The molecule has 0 radical (unpaired) electrons. The molecule has 0 aliphatic heterocycles. The molecule has 2 aromatic rings. The lowest BCUT2D eigenvalue weighted by atomic mass is 10.1. The maximum Gasteiger partial charge on any atom is 0.219 e. The smallest absolute Gasteiger partial charge is 0.219 e. The van der Waals surface area contributed by atoms with Gasteiger partial charge in [0, 0.05) is 28.0 Å². The Morgan fingerprint density at radius 2 is 1.88 bits per heavy atom. The van der Waals surface area contributed by atoms with Gasteiger partial charge in [0.1, 0.15) is 0 Å². The van der Waals surface area contributed by atoms with Gasteiger partial charge in [0.25, 0.3) is 0 Å². The molecular weight excluding hydrogens is 296 g/mol. The summed E-state index contributed by atoms with van der Waals surface area (Å²) in [6.45, 7) is 0. The van der Waals surface area contributed by atoms with Crippen molar-refractivity contribution in [1.29, 1.82) is 0 Å². The van der Waals surface area contributed by atoms with Crippen LogP contribution in [0.2, 0.25) is 5.02 Å². The third kappa shape index (κ3) is 2.01. The van der Waals surface area contributed by atoms with E-state index in [0.717, 1.165) is 0 Å². The molecule has 0 bridgehead atoms. The van der Waals surface area contributed by atoms with Crippen molar-refractivity contribution in [2.24, 2.45) is 0 Å². The molecular formula is C10H6BrClFN3. The molecule has 0 saturated heterocycles. The number of nitrogens with zero attached hydrogens (tertiary/aromatic N) is 2. The lowest BCUT2D eigenvalue weighted by Crippen LogP contribution is -1.95. The fraction of sp³-hybridized carbons (Fsp3) is 0. The summed E-state index contributed by atoms with van der Waals surface area (Å²) >= 11 is 8.92. The van der Waals surface area contributed by atoms with Crippen LogP contribution in [0.4, 0.5) is 10.3 Å². The van der Waals surface area contributed by atoms with Crippen molar-refractivity contribution in [3.63, 3.8) is 0 Å². The molecule has 16 heavy (non-hydrogen) atoms. The van der Waals surface area contributed by atoms with Gasteiger partial charge in [-0.2, -0.15) is 0 Å². The van der Waals surface area contributed by atoms with E-state index in [1.54, 1.807) is 12.1 Å². The van der Waals surface area contributed by atoms with Crippen molar-refractivity contribution in [2.45, 2.75) is 0 Å². The van der Waals surface area contributed by atoms with Crippen LogP contribution in [0.5, 0.6) is 0 Å². The Bertz CT molecular complexity index is 530. The quantitative estimate of drug-likeness (QED) is 0.823. The van der Waals surface area contributed by atoms with Crippen LogP contribution in [-0.2, 0) is 0 Å². The first-order valence-electron chi connectivity index (χ1n) is 4.31. The second kappa shape index (κ2) is 4.35. The predicted octanol–water partition coefficient (Wildman–Crippen LogP) is 3.28. The number of hydrogen-bond donors (Lipinski definition) is 1. The average Bonchev–Trinajstić information content (AvgIpc) is 2.28. The molecule has 0 atom stereocenters. The van der Waals surface area contributed by atoms with Crippen molar-refractivity contribution in [3.05, 3.63) is 39.8 Å². The normalized spacial score (nSPS) is 10.4. The fourth-order valence-corrected chi connectivity index (χ4v) is 1.70. The molecule has 0 amide bonds. The van der Waals surface area contributed by atoms with E-state index in [1.165, 1.54) is 12.4 Å². The Balaban J connectivity index is 2.57. The predicted molar refractivity (Wildman–Crippen MR) is 64.5 cm³/mol. The molecule has 1 aromatic heterocycles. The lowest BCUT2D eigenvalue weighted by Gasteiger charge is -2.05. The van der Waals surface area contributed by atoms with Crippen LogP contribution in [-0.4, -0.2) is 9.97 Å². The number of hydrogen-bond acceptors (Lipinski definition) is 3. The second-order valence-corrected chi connectivity index (χ2v) is 4.29. The Hall–Kier alpha value is -1.20.